The molecule has 2 rings (SSSR count). The zero-order valence-electron chi connectivity index (χ0n) is 11.9. The smallest absolute Gasteiger partial charge is 0.118 e. The molecule has 21 heavy (non-hydrogen) atoms. The first-order valence-corrected chi connectivity index (χ1v) is 7.59. The molecule has 0 saturated carbocycles. The summed E-state index contributed by atoms with van der Waals surface area (Å²) in [6.45, 7) is 0. The van der Waals surface area contributed by atoms with Crippen LogP contribution < -0.4 is 4.74 Å². The van der Waals surface area contributed by atoms with E-state index in [4.69, 9.17) is 27.9 Å². The average Bonchev–Trinajstić information content (AvgIpc) is 2.49. The fourth-order valence-electron chi connectivity index (χ4n) is 2.19. The molecule has 0 amide bonds. The molecule has 112 valence electrons. The Morgan fingerprint density at radius 1 is 1.05 bits per heavy atom. The van der Waals surface area contributed by atoms with Gasteiger partial charge in [-0.25, -0.2) is 0 Å². The molecule has 1 N–H and O–H groups in total. The van der Waals surface area contributed by atoms with Gasteiger partial charge in [-0.15, -0.1) is 0 Å². The maximum atomic E-state index is 10.2. The molecule has 0 aliphatic carbocycles. The fourth-order valence-corrected chi connectivity index (χ4v) is 2.74. The van der Waals surface area contributed by atoms with Crippen molar-refractivity contribution in [1.29, 1.82) is 0 Å². The van der Waals surface area contributed by atoms with Crippen LogP contribution in [0.5, 0.6) is 5.75 Å². The summed E-state index contributed by atoms with van der Waals surface area (Å²) in [5, 5.41) is 11.4. The van der Waals surface area contributed by atoms with Gasteiger partial charge in [-0.2, -0.15) is 0 Å². The maximum Gasteiger partial charge on any atom is 0.118 e. The molecule has 4 heteroatoms. The van der Waals surface area contributed by atoms with E-state index in [1.54, 1.807) is 25.3 Å². The van der Waals surface area contributed by atoms with Gasteiger partial charge in [0, 0.05) is 16.5 Å². The second-order valence-corrected chi connectivity index (χ2v) is 5.76. The molecule has 1 unspecified atom stereocenters. The van der Waals surface area contributed by atoms with E-state index in [0.29, 0.717) is 22.9 Å². The quantitative estimate of drug-likeness (QED) is 0.845. The zero-order chi connectivity index (χ0) is 15.2. The van der Waals surface area contributed by atoms with Gasteiger partial charge < -0.3 is 9.84 Å². The SMILES string of the molecule is COc1ccc(CCC(O)Cc2c(Cl)cccc2Cl)cc1. The summed E-state index contributed by atoms with van der Waals surface area (Å²) in [7, 11) is 1.64. The minimum atomic E-state index is -0.468. The highest BCUT2D eigenvalue weighted by Crippen LogP contribution is 2.26. The van der Waals surface area contributed by atoms with Crippen molar-refractivity contribution in [2.75, 3.05) is 7.11 Å². The van der Waals surface area contributed by atoms with Crippen molar-refractivity contribution >= 4 is 23.2 Å². The second-order valence-electron chi connectivity index (χ2n) is 4.94. The summed E-state index contributed by atoms with van der Waals surface area (Å²) < 4.78 is 5.12. The number of hydrogen-bond donors (Lipinski definition) is 1. The number of aliphatic hydroxyl groups excluding tert-OH is 1. The number of benzene rings is 2. The number of methoxy groups -OCH3 is 1. The van der Waals surface area contributed by atoms with Gasteiger partial charge in [0.25, 0.3) is 0 Å². The summed E-state index contributed by atoms with van der Waals surface area (Å²) >= 11 is 12.2. The second kappa shape index (κ2) is 7.69. The lowest BCUT2D eigenvalue weighted by molar-refractivity contribution is 0.165. The first-order valence-electron chi connectivity index (χ1n) is 6.84. The van der Waals surface area contributed by atoms with E-state index in [1.165, 1.54) is 5.56 Å². The predicted molar refractivity (Wildman–Crippen MR) is 87.5 cm³/mol. The third kappa shape index (κ3) is 4.63. The molecule has 0 fully saturated rings. The summed E-state index contributed by atoms with van der Waals surface area (Å²) in [6.07, 6.45) is 1.46. The lowest BCUT2D eigenvalue weighted by atomic mass is 10.0. The minimum absolute atomic E-state index is 0.467. The third-order valence-electron chi connectivity index (χ3n) is 3.43. The summed E-state index contributed by atoms with van der Waals surface area (Å²) in [6, 6.07) is 13.2. The molecule has 2 aromatic carbocycles. The van der Waals surface area contributed by atoms with Gasteiger partial charge in [0.15, 0.2) is 0 Å². The molecular weight excluding hydrogens is 307 g/mol. The van der Waals surface area contributed by atoms with E-state index in [1.807, 2.05) is 24.3 Å². The van der Waals surface area contributed by atoms with Crippen LogP contribution in [-0.2, 0) is 12.8 Å². The van der Waals surface area contributed by atoms with E-state index in [0.717, 1.165) is 17.7 Å². The summed E-state index contributed by atoms with van der Waals surface area (Å²) in [4.78, 5) is 0. The van der Waals surface area contributed by atoms with E-state index in [2.05, 4.69) is 0 Å². The number of ether oxygens (including phenoxy) is 1. The molecule has 0 heterocycles. The zero-order valence-corrected chi connectivity index (χ0v) is 13.4. The van der Waals surface area contributed by atoms with E-state index in [-0.39, 0.29) is 0 Å². The largest absolute Gasteiger partial charge is 0.497 e. The Morgan fingerprint density at radius 2 is 1.67 bits per heavy atom. The minimum Gasteiger partial charge on any atom is -0.497 e. The molecule has 0 bridgehead atoms. The Balaban J connectivity index is 1.91. The fraction of sp³-hybridized carbons (Fsp3) is 0.294. The van der Waals surface area contributed by atoms with E-state index in [9.17, 15) is 5.11 Å². The molecule has 0 radical (unpaired) electrons. The number of aryl methyl sites for hydroxylation is 1. The van der Waals surface area contributed by atoms with Gasteiger partial charge in [-0.3, -0.25) is 0 Å². The van der Waals surface area contributed by atoms with Crippen molar-refractivity contribution in [3.05, 3.63) is 63.6 Å². The Labute approximate surface area is 135 Å². The molecule has 2 aromatic rings. The van der Waals surface area contributed by atoms with Crippen molar-refractivity contribution in [3.63, 3.8) is 0 Å². The van der Waals surface area contributed by atoms with Crippen molar-refractivity contribution in [3.8, 4) is 5.75 Å². The first kappa shape index (κ1) is 16.2. The van der Waals surface area contributed by atoms with Gasteiger partial charge in [-0.1, -0.05) is 41.4 Å². The Hall–Kier alpha value is -1.22. The highest BCUT2D eigenvalue weighted by molar-refractivity contribution is 6.35. The number of aliphatic hydroxyl groups is 1. The molecule has 0 saturated heterocycles. The van der Waals surface area contributed by atoms with Crippen LogP contribution >= 0.6 is 23.2 Å². The number of hydrogen-bond acceptors (Lipinski definition) is 2. The van der Waals surface area contributed by atoms with Crippen molar-refractivity contribution in [2.24, 2.45) is 0 Å². The van der Waals surface area contributed by atoms with Crippen LogP contribution in [0.3, 0.4) is 0 Å². The number of rotatable bonds is 6. The van der Waals surface area contributed by atoms with Crippen LogP contribution in [0.2, 0.25) is 10.0 Å². The van der Waals surface area contributed by atoms with Gasteiger partial charge in [0.05, 0.1) is 13.2 Å². The maximum absolute atomic E-state index is 10.2. The van der Waals surface area contributed by atoms with E-state index < -0.39 is 6.10 Å². The lowest BCUT2D eigenvalue weighted by Gasteiger charge is -2.13. The molecular formula is C17H18Cl2O2. The molecule has 0 aromatic heterocycles. The topological polar surface area (TPSA) is 29.5 Å². The van der Waals surface area contributed by atoms with Crippen LogP contribution in [-0.4, -0.2) is 18.3 Å². The van der Waals surface area contributed by atoms with Crippen LogP contribution in [0.1, 0.15) is 17.5 Å². The standard InChI is InChI=1S/C17H18Cl2O2/c1-21-14-9-6-12(7-10-14)5-8-13(20)11-15-16(18)3-2-4-17(15)19/h2-4,6-7,9-10,13,20H,5,8,11H2,1H3. The van der Waals surface area contributed by atoms with Crippen LogP contribution in [0, 0.1) is 0 Å². The van der Waals surface area contributed by atoms with Gasteiger partial charge in [0.1, 0.15) is 5.75 Å². The van der Waals surface area contributed by atoms with Crippen molar-refractivity contribution < 1.29 is 9.84 Å². The molecule has 0 aliphatic rings. The average molecular weight is 325 g/mol. The molecule has 0 aliphatic heterocycles. The number of halogens is 2. The summed E-state index contributed by atoms with van der Waals surface area (Å²) in [5.74, 6) is 0.835. The van der Waals surface area contributed by atoms with Crippen molar-refractivity contribution in [1.82, 2.24) is 0 Å². The van der Waals surface area contributed by atoms with Crippen molar-refractivity contribution in [2.45, 2.75) is 25.4 Å². The van der Waals surface area contributed by atoms with Crippen LogP contribution in [0.25, 0.3) is 0 Å². The summed E-state index contributed by atoms with van der Waals surface area (Å²) in [5.41, 5.74) is 1.98. The van der Waals surface area contributed by atoms with Crippen LogP contribution in [0.4, 0.5) is 0 Å². The highest BCUT2D eigenvalue weighted by atomic mass is 35.5. The molecule has 0 spiro atoms. The predicted octanol–water partition coefficient (Wildman–Crippen LogP) is 4.54. The Morgan fingerprint density at radius 3 is 2.24 bits per heavy atom. The Kier molecular flexibility index (Phi) is 5.92. The lowest BCUT2D eigenvalue weighted by Crippen LogP contribution is -2.12. The monoisotopic (exact) mass is 324 g/mol. The Bertz CT molecular complexity index is 562. The van der Waals surface area contributed by atoms with Crippen LogP contribution in [0.15, 0.2) is 42.5 Å². The highest BCUT2D eigenvalue weighted by Gasteiger charge is 2.12. The van der Waals surface area contributed by atoms with Gasteiger partial charge in [-0.05, 0) is 48.2 Å². The third-order valence-corrected chi connectivity index (χ3v) is 4.13. The van der Waals surface area contributed by atoms with Gasteiger partial charge >= 0.3 is 0 Å². The van der Waals surface area contributed by atoms with Gasteiger partial charge in [0.2, 0.25) is 0 Å². The molecule has 1 atom stereocenters. The van der Waals surface area contributed by atoms with E-state index >= 15 is 0 Å². The molecule has 2 nitrogen and oxygen atoms in total. The first-order chi connectivity index (χ1) is 10.1. The normalized spacial score (nSPS) is 12.2.